The van der Waals surface area contributed by atoms with E-state index < -0.39 is 0 Å². The number of nitrogens with one attached hydrogen (secondary N) is 1. The predicted octanol–water partition coefficient (Wildman–Crippen LogP) is 1.75. The number of piperidine rings is 1. The fraction of sp³-hybridized carbons (Fsp3) is 0.750. The predicted molar refractivity (Wildman–Crippen MR) is 57.9 cm³/mol. The van der Waals surface area contributed by atoms with Gasteiger partial charge >= 0.3 is 0 Å². The highest BCUT2D eigenvalue weighted by atomic mass is 16.1. The first-order chi connectivity index (χ1) is 6.83. The summed E-state index contributed by atoms with van der Waals surface area (Å²) in [6.45, 7) is 4.02. The van der Waals surface area contributed by atoms with Gasteiger partial charge in [0.05, 0.1) is 6.42 Å². The van der Waals surface area contributed by atoms with Crippen LogP contribution in [0.2, 0.25) is 0 Å². The van der Waals surface area contributed by atoms with E-state index in [1.54, 1.807) is 6.92 Å². The van der Waals surface area contributed by atoms with E-state index in [2.05, 4.69) is 17.2 Å². The van der Waals surface area contributed by atoms with Gasteiger partial charge in [-0.3, -0.25) is 4.79 Å². The van der Waals surface area contributed by atoms with Gasteiger partial charge in [0.2, 0.25) is 0 Å². The van der Waals surface area contributed by atoms with E-state index in [-0.39, 0.29) is 0 Å². The number of carbonyl (C=O) groups is 1. The molecule has 1 fully saturated rings. The zero-order valence-corrected chi connectivity index (χ0v) is 8.94. The largest absolute Gasteiger partial charge is 0.317 e. The number of Topliss-reactive ketones (excluding diaryl/α,β-unsaturated/α-hetero) is 1. The Bertz CT molecular complexity index is 230. The summed E-state index contributed by atoms with van der Waals surface area (Å²) < 4.78 is 0. The lowest BCUT2D eigenvalue weighted by Gasteiger charge is -2.21. The Morgan fingerprint density at radius 1 is 1.43 bits per heavy atom. The van der Waals surface area contributed by atoms with Crippen molar-refractivity contribution in [3.63, 3.8) is 0 Å². The summed E-state index contributed by atoms with van der Waals surface area (Å²) in [5.74, 6) is 6.64. The van der Waals surface area contributed by atoms with Gasteiger partial charge in [-0.2, -0.15) is 0 Å². The Morgan fingerprint density at radius 2 is 2.14 bits per heavy atom. The van der Waals surface area contributed by atoms with Crippen LogP contribution in [-0.4, -0.2) is 18.9 Å². The topological polar surface area (TPSA) is 29.1 Å². The van der Waals surface area contributed by atoms with Gasteiger partial charge in [-0.05, 0) is 45.2 Å². The third-order valence-corrected chi connectivity index (χ3v) is 2.75. The van der Waals surface area contributed by atoms with Crippen molar-refractivity contribution in [3.8, 4) is 11.8 Å². The molecule has 78 valence electrons. The maximum atomic E-state index is 11.3. The molecule has 0 aromatic carbocycles. The molecular weight excluding hydrogens is 174 g/mol. The fourth-order valence-electron chi connectivity index (χ4n) is 1.81. The van der Waals surface area contributed by atoms with Crippen molar-refractivity contribution in [2.75, 3.05) is 13.1 Å². The van der Waals surface area contributed by atoms with E-state index in [0.717, 1.165) is 31.8 Å². The first-order valence-electron chi connectivity index (χ1n) is 5.45. The zero-order chi connectivity index (χ0) is 10.2. The molecule has 0 aromatic heterocycles. The summed E-state index contributed by atoms with van der Waals surface area (Å²) in [4.78, 5) is 11.3. The third-order valence-electron chi connectivity index (χ3n) is 2.75. The normalized spacial score (nSPS) is 17.2. The minimum atomic E-state index is 0.304. The quantitative estimate of drug-likeness (QED) is 0.689. The second-order valence-electron chi connectivity index (χ2n) is 3.87. The molecule has 0 unspecified atom stereocenters. The van der Waals surface area contributed by atoms with Crippen molar-refractivity contribution in [2.24, 2.45) is 5.92 Å². The van der Waals surface area contributed by atoms with Crippen LogP contribution in [0.25, 0.3) is 0 Å². The molecule has 2 nitrogen and oxygen atoms in total. The first kappa shape index (κ1) is 11.3. The summed E-state index contributed by atoms with van der Waals surface area (Å²) in [6, 6.07) is 0. The van der Waals surface area contributed by atoms with Crippen molar-refractivity contribution in [3.05, 3.63) is 0 Å². The smallest absolute Gasteiger partial charge is 0.144 e. The Kier molecular flexibility index (Phi) is 5.32. The number of rotatable bonds is 4. The van der Waals surface area contributed by atoms with Crippen LogP contribution in [0.15, 0.2) is 0 Å². The fourth-order valence-corrected chi connectivity index (χ4v) is 1.81. The number of hydrogen-bond donors (Lipinski definition) is 1. The minimum absolute atomic E-state index is 0.304. The molecule has 1 saturated heterocycles. The molecule has 14 heavy (non-hydrogen) atoms. The van der Waals surface area contributed by atoms with Crippen molar-refractivity contribution in [2.45, 2.75) is 39.0 Å². The van der Waals surface area contributed by atoms with Gasteiger partial charge < -0.3 is 5.32 Å². The Hall–Kier alpha value is -0.810. The van der Waals surface area contributed by atoms with Gasteiger partial charge in [0, 0.05) is 6.42 Å². The van der Waals surface area contributed by atoms with Crippen molar-refractivity contribution >= 4 is 5.78 Å². The Morgan fingerprint density at radius 3 is 2.79 bits per heavy atom. The van der Waals surface area contributed by atoms with Crippen molar-refractivity contribution in [1.29, 1.82) is 0 Å². The highest BCUT2D eigenvalue weighted by molar-refractivity contribution is 5.80. The molecule has 0 spiro atoms. The molecule has 0 bridgehead atoms. The molecule has 0 aliphatic carbocycles. The van der Waals surface area contributed by atoms with Gasteiger partial charge in [0.15, 0.2) is 0 Å². The lowest BCUT2D eigenvalue weighted by molar-refractivity contribution is -0.118. The average molecular weight is 193 g/mol. The van der Waals surface area contributed by atoms with Crippen LogP contribution >= 0.6 is 0 Å². The van der Waals surface area contributed by atoms with Gasteiger partial charge in [0.25, 0.3) is 0 Å². The lowest BCUT2D eigenvalue weighted by atomic mass is 9.92. The summed E-state index contributed by atoms with van der Waals surface area (Å²) in [6.07, 6.45) is 4.69. The highest BCUT2D eigenvalue weighted by Crippen LogP contribution is 2.17. The SMILES string of the molecule is CC#CCC(=O)CCC1CCNCC1. The van der Waals surface area contributed by atoms with Crippen LogP contribution < -0.4 is 5.32 Å². The average Bonchev–Trinajstić information content (AvgIpc) is 2.25. The van der Waals surface area contributed by atoms with Crippen molar-refractivity contribution < 1.29 is 4.79 Å². The van der Waals surface area contributed by atoms with Crippen LogP contribution in [0.4, 0.5) is 0 Å². The molecular formula is C12H19NO. The van der Waals surface area contributed by atoms with E-state index in [9.17, 15) is 4.79 Å². The molecule has 0 radical (unpaired) electrons. The number of ketones is 1. The molecule has 1 aliphatic rings. The summed E-state index contributed by atoms with van der Waals surface area (Å²) in [5, 5.41) is 3.33. The molecule has 0 atom stereocenters. The lowest BCUT2D eigenvalue weighted by Crippen LogP contribution is -2.27. The summed E-state index contributed by atoms with van der Waals surface area (Å²) >= 11 is 0. The Balaban J connectivity index is 2.11. The van der Waals surface area contributed by atoms with E-state index in [4.69, 9.17) is 0 Å². The molecule has 0 aromatic rings. The first-order valence-corrected chi connectivity index (χ1v) is 5.45. The maximum Gasteiger partial charge on any atom is 0.144 e. The van der Waals surface area contributed by atoms with Crippen molar-refractivity contribution in [1.82, 2.24) is 5.32 Å². The molecule has 1 aliphatic heterocycles. The molecule has 1 N–H and O–H groups in total. The van der Waals surface area contributed by atoms with Crippen LogP contribution in [0.3, 0.4) is 0 Å². The number of hydrogen-bond acceptors (Lipinski definition) is 2. The molecule has 1 heterocycles. The maximum absolute atomic E-state index is 11.3. The molecule has 1 rings (SSSR count). The van der Waals surface area contributed by atoms with Crippen LogP contribution in [0, 0.1) is 17.8 Å². The number of carbonyl (C=O) groups excluding carboxylic acids is 1. The van der Waals surface area contributed by atoms with Crippen LogP contribution in [-0.2, 0) is 4.79 Å². The van der Waals surface area contributed by atoms with Gasteiger partial charge in [-0.15, -0.1) is 5.92 Å². The second kappa shape index (κ2) is 6.62. The van der Waals surface area contributed by atoms with E-state index in [1.165, 1.54) is 12.8 Å². The standard InChI is InChI=1S/C12H19NO/c1-2-3-4-12(14)6-5-11-7-9-13-10-8-11/h11,13H,4-10H2,1H3. The minimum Gasteiger partial charge on any atom is -0.317 e. The zero-order valence-electron chi connectivity index (χ0n) is 8.94. The highest BCUT2D eigenvalue weighted by Gasteiger charge is 2.13. The molecule has 0 saturated carbocycles. The van der Waals surface area contributed by atoms with E-state index in [0.29, 0.717) is 12.2 Å². The van der Waals surface area contributed by atoms with Crippen LogP contribution in [0.5, 0.6) is 0 Å². The van der Waals surface area contributed by atoms with Gasteiger partial charge in [0.1, 0.15) is 5.78 Å². The molecule has 0 amide bonds. The van der Waals surface area contributed by atoms with E-state index in [1.807, 2.05) is 0 Å². The van der Waals surface area contributed by atoms with Crippen LogP contribution in [0.1, 0.15) is 39.0 Å². The Labute approximate surface area is 86.5 Å². The third kappa shape index (κ3) is 4.43. The molecule has 2 heteroatoms. The second-order valence-corrected chi connectivity index (χ2v) is 3.87. The van der Waals surface area contributed by atoms with Gasteiger partial charge in [-0.25, -0.2) is 0 Å². The monoisotopic (exact) mass is 193 g/mol. The summed E-state index contributed by atoms with van der Waals surface area (Å²) in [7, 11) is 0. The summed E-state index contributed by atoms with van der Waals surface area (Å²) in [5.41, 5.74) is 0. The van der Waals surface area contributed by atoms with Gasteiger partial charge in [-0.1, -0.05) is 5.92 Å². The van der Waals surface area contributed by atoms with E-state index >= 15 is 0 Å².